The minimum atomic E-state index is -0.576. The Balaban J connectivity index is 1.58. The van der Waals surface area contributed by atoms with Gasteiger partial charge in [0.25, 0.3) is 11.6 Å². The molecule has 2 aromatic rings. The van der Waals surface area contributed by atoms with E-state index in [9.17, 15) is 19.7 Å². The maximum absolute atomic E-state index is 12.5. The Morgan fingerprint density at radius 3 is 2.65 bits per heavy atom. The van der Waals surface area contributed by atoms with Crippen molar-refractivity contribution in [2.24, 2.45) is 5.92 Å². The summed E-state index contributed by atoms with van der Waals surface area (Å²) < 4.78 is 0. The summed E-state index contributed by atoms with van der Waals surface area (Å²) in [4.78, 5) is 37.2. The van der Waals surface area contributed by atoms with Gasteiger partial charge in [0.1, 0.15) is 5.56 Å². The number of anilines is 2. The van der Waals surface area contributed by atoms with E-state index < -0.39 is 10.8 Å². The molecule has 1 fully saturated rings. The van der Waals surface area contributed by atoms with Crippen molar-refractivity contribution in [3.8, 4) is 0 Å². The topological polar surface area (TPSA) is 92.6 Å². The zero-order chi connectivity index (χ0) is 18.3. The van der Waals surface area contributed by atoms with Gasteiger partial charge in [-0.05, 0) is 43.0 Å². The van der Waals surface area contributed by atoms with Crippen molar-refractivity contribution in [2.75, 3.05) is 16.8 Å². The van der Waals surface area contributed by atoms with E-state index in [1.165, 1.54) is 18.2 Å². The summed E-state index contributed by atoms with van der Waals surface area (Å²) in [5.74, 6) is -0.271. The lowest BCUT2D eigenvalue weighted by Gasteiger charge is -2.18. The summed E-state index contributed by atoms with van der Waals surface area (Å²) in [6, 6.07) is 11.3. The van der Waals surface area contributed by atoms with Gasteiger partial charge in [-0.1, -0.05) is 18.2 Å². The van der Waals surface area contributed by atoms with E-state index in [0.29, 0.717) is 12.2 Å². The number of rotatable bonds is 4. The van der Waals surface area contributed by atoms with Crippen LogP contribution in [0.3, 0.4) is 0 Å². The molecule has 0 saturated heterocycles. The second-order valence-corrected chi connectivity index (χ2v) is 6.59. The zero-order valence-electron chi connectivity index (χ0n) is 14.0. The smallest absolute Gasteiger partial charge is 0.282 e. The molecule has 1 N–H and O–H groups in total. The normalized spacial score (nSPS) is 15.5. The third kappa shape index (κ3) is 2.92. The van der Waals surface area contributed by atoms with E-state index in [4.69, 9.17) is 0 Å². The molecule has 7 nitrogen and oxygen atoms in total. The van der Waals surface area contributed by atoms with Gasteiger partial charge in [-0.2, -0.15) is 0 Å². The first-order chi connectivity index (χ1) is 12.5. The summed E-state index contributed by atoms with van der Waals surface area (Å²) in [6.45, 7) is 0.659. The quantitative estimate of drug-likeness (QED) is 0.676. The number of amides is 2. The van der Waals surface area contributed by atoms with Crippen LogP contribution >= 0.6 is 0 Å². The third-order valence-electron chi connectivity index (χ3n) is 4.78. The van der Waals surface area contributed by atoms with Crippen LogP contribution < -0.4 is 10.2 Å². The SMILES string of the molecule is O=C(Nc1ccc2c(c1)N(C(=O)C1CC1)CC2)c1ccccc1[N+](=O)[O-]. The standard InChI is InChI=1S/C19H17N3O4/c23-18(15-3-1-2-4-16(15)22(25)26)20-14-8-7-12-9-10-21(17(12)11-14)19(24)13-5-6-13/h1-4,7-8,11,13H,5-6,9-10H2,(H,20,23). The van der Waals surface area contributed by atoms with Gasteiger partial charge in [0.2, 0.25) is 5.91 Å². The lowest BCUT2D eigenvalue weighted by atomic mass is 10.1. The molecule has 0 spiro atoms. The summed E-state index contributed by atoms with van der Waals surface area (Å²) in [7, 11) is 0. The van der Waals surface area contributed by atoms with Gasteiger partial charge in [-0.15, -0.1) is 0 Å². The fourth-order valence-corrected chi connectivity index (χ4v) is 3.26. The Kier molecular flexibility index (Phi) is 3.91. The molecule has 0 bridgehead atoms. The number of nitrogens with one attached hydrogen (secondary N) is 1. The maximum atomic E-state index is 12.5. The molecule has 1 aliphatic heterocycles. The van der Waals surface area contributed by atoms with Crippen LogP contribution in [-0.2, 0) is 11.2 Å². The van der Waals surface area contributed by atoms with Crippen LogP contribution in [0, 0.1) is 16.0 Å². The van der Waals surface area contributed by atoms with Crippen LogP contribution in [-0.4, -0.2) is 23.3 Å². The molecular weight excluding hydrogens is 334 g/mol. The largest absolute Gasteiger partial charge is 0.322 e. The summed E-state index contributed by atoms with van der Waals surface area (Å²) in [5.41, 5.74) is 2.17. The highest BCUT2D eigenvalue weighted by atomic mass is 16.6. The molecule has 1 saturated carbocycles. The Labute approximate surface area is 149 Å². The summed E-state index contributed by atoms with van der Waals surface area (Å²) in [6.07, 6.45) is 2.68. The Morgan fingerprint density at radius 1 is 1.15 bits per heavy atom. The van der Waals surface area contributed by atoms with Crippen LogP contribution in [0.1, 0.15) is 28.8 Å². The van der Waals surface area contributed by atoms with Gasteiger partial charge in [0.15, 0.2) is 0 Å². The van der Waals surface area contributed by atoms with Crippen LogP contribution in [0.15, 0.2) is 42.5 Å². The second-order valence-electron chi connectivity index (χ2n) is 6.59. The third-order valence-corrected chi connectivity index (χ3v) is 4.78. The van der Waals surface area contributed by atoms with Crippen molar-refractivity contribution in [1.82, 2.24) is 0 Å². The predicted molar refractivity (Wildman–Crippen MR) is 96.3 cm³/mol. The zero-order valence-corrected chi connectivity index (χ0v) is 14.0. The van der Waals surface area contributed by atoms with E-state index >= 15 is 0 Å². The summed E-state index contributed by atoms with van der Waals surface area (Å²) >= 11 is 0. The number of fused-ring (bicyclic) bond motifs is 1. The number of nitrogens with zero attached hydrogens (tertiary/aromatic N) is 2. The summed E-state index contributed by atoms with van der Waals surface area (Å²) in [5, 5.41) is 13.8. The highest BCUT2D eigenvalue weighted by Crippen LogP contribution is 2.37. The van der Waals surface area contributed by atoms with E-state index in [1.807, 2.05) is 6.07 Å². The van der Waals surface area contributed by atoms with Crippen molar-refractivity contribution in [1.29, 1.82) is 0 Å². The van der Waals surface area contributed by atoms with Crippen molar-refractivity contribution < 1.29 is 14.5 Å². The molecule has 1 aliphatic carbocycles. The van der Waals surface area contributed by atoms with Crippen LogP contribution in [0.25, 0.3) is 0 Å². The molecule has 2 aromatic carbocycles. The molecule has 26 heavy (non-hydrogen) atoms. The average molecular weight is 351 g/mol. The van der Waals surface area contributed by atoms with Gasteiger partial charge in [0.05, 0.1) is 4.92 Å². The molecule has 0 atom stereocenters. The molecular formula is C19H17N3O4. The van der Waals surface area contributed by atoms with Gasteiger partial charge in [0, 0.05) is 29.9 Å². The van der Waals surface area contributed by atoms with Gasteiger partial charge >= 0.3 is 0 Å². The lowest BCUT2D eigenvalue weighted by molar-refractivity contribution is -0.385. The highest BCUT2D eigenvalue weighted by molar-refractivity contribution is 6.07. The maximum Gasteiger partial charge on any atom is 0.282 e. The van der Waals surface area contributed by atoms with Gasteiger partial charge < -0.3 is 10.2 Å². The molecule has 2 aliphatic rings. The lowest BCUT2D eigenvalue weighted by Crippen LogP contribution is -2.30. The predicted octanol–water partition coefficient (Wildman–Crippen LogP) is 3.15. The first-order valence-electron chi connectivity index (χ1n) is 8.53. The van der Waals surface area contributed by atoms with Gasteiger partial charge in [-0.3, -0.25) is 19.7 Å². The van der Waals surface area contributed by atoms with Crippen LogP contribution in [0.5, 0.6) is 0 Å². The molecule has 1 heterocycles. The Morgan fingerprint density at radius 2 is 1.92 bits per heavy atom. The van der Waals surface area contributed by atoms with E-state index in [-0.39, 0.29) is 23.1 Å². The minimum absolute atomic E-state index is 0.00362. The van der Waals surface area contributed by atoms with Crippen molar-refractivity contribution in [3.63, 3.8) is 0 Å². The van der Waals surface area contributed by atoms with E-state index in [1.54, 1.807) is 23.1 Å². The van der Waals surface area contributed by atoms with Crippen LogP contribution in [0.2, 0.25) is 0 Å². The second kappa shape index (κ2) is 6.25. The van der Waals surface area contributed by atoms with E-state index in [0.717, 1.165) is 30.5 Å². The monoisotopic (exact) mass is 351 g/mol. The Hall–Kier alpha value is -3.22. The minimum Gasteiger partial charge on any atom is -0.322 e. The molecule has 0 radical (unpaired) electrons. The van der Waals surface area contributed by atoms with Crippen molar-refractivity contribution >= 4 is 28.9 Å². The average Bonchev–Trinajstić information content (AvgIpc) is 3.41. The number of nitro groups is 1. The number of benzene rings is 2. The fraction of sp³-hybridized carbons (Fsp3) is 0.263. The van der Waals surface area contributed by atoms with Gasteiger partial charge in [-0.25, -0.2) is 0 Å². The molecule has 0 unspecified atom stereocenters. The number of carbonyl (C=O) groups is 2. The first kappa shape index (κ1) is 16.3. The molecule has 0 aromatic heterocycles. The number of hydrogen-bond donors (Lipinski definition) is 1. The van der Waals surface area contributed by atoms with E-state index in [2.05, 4.69) is 5.32 Å². The number of hydrogen-bond acceptors (Lipinski definition) is 4. The number of carbonyl (C=O) groups excluding carboxylic acids is 2. The first-order valence-corrected chi connectivity index (χ1v) is 8.53. The number of para-hydroxylation sites is 1. The van der Waals surface area contributed by atoms with Crippen molar-refractivity contribution in [2.45, 2.75) is 19.3 Å². The van der Waals surface area contributed by atoms with Crippen LogP contribution in [0.4, 0.5) is 17.1 Å². The van der Waals surface area contributed by atoms with Crippen molar-refractivity contribution in [3.05, 3.63) is 63.7 Å². The molecule has 4 rings (SSSR count). The highest BCUT2D eigenvalue weighted by Gasteiger charge is 2.36. The number of nitro benzene ring substituents is 1. The molecule has 7 heteroatoms. The Bertz CT molecular complexity index is 921. The fourth-order valence-electron chi connectivity index (χ4n) is 3.26. The molecule has 2 amide bonds. The molecule has 132 valence electrons.